The van der Waals surface area contributed by atoms with Crippen LogP contribution in [-0.4, -0.2) is 56.1 Å². The fourth-order valence-corrected chi connectivity index (χ4v) is 5.46. The first-order valence-corrected chi connectivity index (χ1v) is 12.3. The monoisotopic (exact) mass is 472 g/mol. The summed E-state index contributed by atoms with van der Waals surface area (Å²) in [4.78, 5) is 22.1. The maximum Gasteiger partial charge on any atom is 0.315 e. The molecule has 180 valence electrons. The second-order valence-electron chi connectivity index (χ2n) is 9.79. The van der Waals surface area contributed by atoms with Crippen LogP contribution in [0.25, 0.3) is 11.0 Å². The SMILES string of the molecule is CCOC(=O)[C@]12C[C@@H]1[C@@H](n1ccc3c(NCC4CC4)nc(C#Cc4ccccc4)nc31)[C@H](O)[C@@H]2O. The van der Waals surface area contributed by atoms with Crippen molar-refractivity contribution in [2.24, 2.45) is 17.3 Å². The third-order valence-corrected chi connectivity index (χ3v) is 7.57. The molecule has 0 radical (unpaired) electrons. The largest absolute Gasteiger partial charge is 0.465 e. The second kappa shape index (κ2) is 8.36. The summed E-state index contributed by atoms with van der Waals surface area (Å²) < 4.78 is 7.12. The van der Waals surface area contributed by atoms with E-state index in [0.29, 0.717) is 29.6 Å². The molecule has 5 atom stereocenters. The van der Waals surface area contributed by atoms with Crippen LogP contribution in [-0.2, 0) is 9.53 Å². The Hall–Kier alpha value is -3.41. The molecule has 6 rings (SSSR count). The maximum atomic E-state index is 12.7. The van der Waals surface area contributed by atoms with Crippen LogP contribution in [0.5, 0.6) is 0 Å². The fraction of sp³-hybridized carbons (Fsp3) is 0.444. The Labute approximate surface area is 203 Å². The lowest BCUT2D eigenvalue weighted by Crippen LogP contribution is -2.38. The molecular formula is C27H28N4O4. The highest BCUT2D eigenvalue weighted by molar-refractivity contribution is 5.88. The summed E-state index contributed by atoms with van der Waals surface area (Å²) in [6.07, 6.45) is 2.48. The number of fused-ring (bicyclic) bond motifs is 2. The lowest BCUT2D eigenvalue weighted by Gasteiger charge is -2.24. The predicted octanol–water partition coefficient (Wildman–Crippen LogP) is 2.50. The van der Waals surface area contributed by atoms with Crippen LogP contribution < -0.4 is 5.32 Å². The molecule has 3 aliphatic carbocycles. The summed E-state index contributed by atoms with van der Waals surface area (Å²) in [6, 6.07) is 11.1. The van der Waals surface area contributed by atoms with Gasteiger partial charge in [0.05, 0.1) is 24.1 Å². The zero-order valence-corrected chi connectivity index (χ0v) is 19.5. The van der Waals surface area contributed by atoms with E-state index in [9.17, 15) is 15.0 Å². The average molecular weight is 473 g/mol. The van der Waals surface area contributed by atoms with Gasteiger partial charge in [-0.1, -0.05) is 24.1 Å². The van der Waals surface area contributed by atoms with Crippen LogP contribution in [0, 0.1) is 29.1 Å². The minimum absolute atomic E-state index is 0.223. The molecule has 3 aromatic rings. The molecule has 0 saturated heterocycles. The quantitative estimate of drug-likeness (QED) is 0.374. The van der Waals surface area contributed by atoms with Crippen LogP contribution in [0.4, 0.5) is 5.82 Å². The van der Waals surface area contributed by atoms with Crippen molar-refractivity contribution in [1.82, 2.24) is 14.5 Å². The van der Waals surface area contributed by atoms with Gasteiger partial charge in [-0.2, -0.15) is 0 Å². The van der Waals surface area contributed by atoms with Gasteiger partial charge in [-0.25, -0.2) is 9.97 Å². The number of anilines is 1. The van der Waals surface area contributed by atoms with E-state index < -0.39 is 29.6 Å². The normalized spacial score (nSPS) is 28.8. The summed E-state index contributed by atoms with van der Waals surface area (Å²) in [7, 11) is 0. The Morgan fingerprint density at radius 1 is 1.20 bits per heavy atom. The van der Waals surface area contributed by atoms with Crippen molar-refractivity contribution in [3.63, 3.8) is 0 Å². The minimum atomic E-state index is -1.18. The van der Waals surface area contributed by atoms with Gasteiger partial charge in [-0.05, 0) is 56.2 Å². The van der Waals surface area contributed by atoms with E-state index in [4.69, 9.17) is 14.7 Å². The van der Waals surface area contributed by atoms with Crippen molar-refractivity contribution < 1.29 is 19.7 Å². The van der Waals surface area contributed by atoms with Crippen LogP contribution >= 0.6 is 0 Å². The first kappa shape index (κ1) is 22.1. The number of rotatable bonds is 6. The molecule has 2 heterocycles. The molecule has 0 bridgehead atoms. The molecule has 0 unspecified atom stereocenters. The van der Waals surface area contributed by atoms with Gasteiger partial charge in [0, 0.05) is 24.2 Å². The highest BCUT2D eigenvalue weighted by Crippen LogP contribution is 2.68. The van der Waals surface area contributed by atoms with Gasteiger partial charge in [0.2, 0.25) is 5.82 Å². The molecule has 3 saturated carbocycles. The maximum absolute atomic E-state index is 12.7. The number of aliphatic hydroxyl groups is 2. The molecule has 2 aromatic heterocycles. The van der Waals surface area contributed by atoms with Crippen LogP contribution in [0.15, 0.2) is 42.6 Å². The van der Waals surface area contributed by atoms with E-state index in [-0.39, 0.29) is 12.5 Å². The van der Waals surface area contributed by atoms with Crippen molar-refractivity contribution in [1.29, 1.82) is 0 Å². The predicted molar refractivity (Wildman–Crippen MR) is 129 cm³/mol. The molecule has 0 aliphatic heterocycles. The zero-order chi connectivity index (χ0) is 24.2. The Bertz CT molecular complexity index is 1340. The van der Waals surface area contributed by atoms with Crippen molar-refractivity contribution in [3.8, 4) is 11.8 Å². The van der Waals surface area contributed by atoms with E-state index >= 15 is 0 Å². The zero-order valence-electron chi connectivity index (χ0n) is 19.5. The van der Waals surface area contributed by atoms with Gasteiger partial charge in [-0.3, -0.25) is 4.79 Å². The third-order valence-electron chi connectivity index (χ3n) is 7.57. The highest BCUT2D eigenvalue weighted by atomic mass is 16.5. The Morgan fingerprint density at radius 3 is 2.74 bits per heavy atom. The number of esters is 1. The molecule has 3 fully saturated rings. The number of benzene rings is 1. The summed E-state index contributed by atoms with van der Waals surface area (Å²) >= 11 is 0. The van der Waals surface area contributed by atoms with Crippen LogP contribution in [0.1, 0.15) is 43.6 Å². The van der Waals surface area contributed by atoms with Crippen molar-refractivity contribution in [2.75, 3.05) is 18.5 Å². The first-order valence-electron chi connectivity index (χ1n) is 12.3. The number of carbonyl (C=O) groups excluding carboxylic acids is 1. The molecular weight excluding hydrogens is 444 g/mol. The molecule has 0 spiro atoms. The van der Waals surface area contributed by atoms with E-state index in [1.165, 1.54) is 12.8 Å². The van der Waals surface area contributed by atoms with Crippen molar-refractivity contribution in [2.45, 2.75) is 44.4 Å². The number of carbonyl (C=O) groups is 1. The Morgan fingerprint density at radius 2 is 2.00 bits per heavy atom. The van der Waals surface area contributed by atoms with E-state index in [1.807, 2.05) is 47.2 Å². The number of nitrogens with zero attached hydrogens (tertiary/aromatic N) is 3. The lowest BCUT2D eigenvalue weighted by atomic mass is 9.99. The summed E-state index contributed by atoms with van der Waals surface area (Å²) in [5.74, 6) is 7.27. The molecule has 8 nitrogen and oxygen atoms in total. The summed E-state index contributed by atoms with van der Waals surface area (Å²) in [6.45, 7) is 2.81. The molecule has 8 heteroatoms. The van der Waals surface area contributed by atoms with E-state index in [2.05, 4.69) is 17.2 Å². The van der Waals surface area contributed by atoms with Gasteiger partial charge in [-0.15, -0.1) is 0 Å². The van der Waals surface area contributed by atoms with E-state index in [1.54, 1.807) is 6.92 Å². The Kier molecular flexibility index (Phi) is 5.28. The van der Waals surface area contributed by atoms with Crippen LogP contribution in [0.3, 0.4) is 0 Å². The average Bonchev–Trinajstić information content (AvgIpc) is 3.78. The van der Waals surface area contributed by atoms with Gasteiger partial charge in [0.1, 0.15) is 23.0 Å². The topological polar surface area (TPSA) is 110 Å². The minimum Gasteiger partial charge on any atom is -0.465 e. The Balaban J connectivity index is 1.40. The van der Waals surface area contributed by atoms with Gasteiger partial charge in [0.25, 0.3) is 0 Å². The van der Waals surface area contributed by atoms with Gasteiger partial charge < -0.3 is 24.8 Å². The molecule has 3 N–H and O–H groups in total. The van der Waals surface area contributed by atoms with Crippen molar-refractivity contribution in [3.05, 3.63) is 54.0 Å². The molecule has 35 heavy (non-hydrogen) atoms. The van der Waals surface area contributed by atoms with Crippen molar-refractivity contribution >= 4 is 22.8 Å². The third kappa shape index (κ3) is 3.67. The summed E-state index contributed by atoms with van der Waals surface area (Å²) in [5, 5.41) is 26.1. The number of aliphatic hydroxyl groups excluding tert-OH is 2. The van der Waals surface area contributed by atoms with Gasteiger partial charge >= 0.3 is 5.97 Å². The highest BCUT2D eigenvalue weighted by Gasteiger charge is 2.76. The standard InChI is InChI=1S/C27H28N4O4/c1-2-35-26(34)27-14-19(27)21(22(32)23(27)33)31-13-12-18-24(28-15-17-8-9-17)29-20(30-25(18)31)11-10-16-6-4-3-5-7-16/h3-7,12-13,17,19,21-23,32-33H,2,8-9,14-15H2,1H3,(H,28,29,30)/t19-,21-,22+,23+,27-/m1/s1. The number of hydrogen-bond acceptors (Lipinski definition) is 7. The fourth-order valence-electron chi connectivity index (χ4n) is 5.46. The second-order valence-corrected chi connectivity index (χ2v) is 9.79. The molecule has 0 amide bonds. The number of hydrogen-bond donors (Lipinski definition) is 3. The van der Waals surface area contributed by atoms with Gasteiger partial charge in [0.15, 0.2) is 0 Å². The first-order chi connectivity index (χ1) is 17.0. The van der Waals surface area contributed by atoms with Crippen LogP contribution in [0.2, 0.25) is 0 Å². The molecule has 3 aliphatic rings. The molecule has 1 aromatic carbocycles. The number of ether oxygens (including phenoxy) is 1. The smallest absolute Gasteiger partial charge is 0.315 e. The van der Waals surface area contributed by atoms with E-state index in [0.717, 1.165) is 17.5 Å². The lowest BCUT2D eigenvalue weighted by molar-refractivity contribution is -0.156. The summed E-state index contributed by atoms with van der Waals surface area (Å²) in [5.41, 5.74) is 0.441. The number of nitrogens with one attached hydrogen (secondary N) is 1. The number of aromatic nitrogens is 3.